The Hall–Kier alpha value is -6.01. The Bertz CT molecular complexity index is 1980. The molecule has 2 aliphatic rings. The van der Waals surface area contributed by atoms with Crippen LogP contribution in [0.2, 0.25) is 0 Å². The smallest absolute Gasteiger partial charge is 0.408 e. The molecule has 0 bridgehead atoms. The van der Waals surface area contributed by atoms with Crippen molar-refractivity contribution in [3.63, 3.8) is 0 Å². The first-order valence-electron chi connectivity index (χ1n) is 17.6. The predicted molar refractivity (Wildman–Crippen MR) is 197 cm³/mol. The summed E-state index contributed by atoms with van der Waals surface area (Å²) in [6.45, 7) is -0.490. The Labute approximate surface area is 307 Å². The maximum Gasteiger partial charge on any atom is 0.408 e. The molecule has 2 aliphatic heterocycles. The number of ether oxygens (including phenoxy) is 2. The van der Waals surface area contributed by atoms with E-state index in [2.05, 4.69) is 16.0 Å². The molecular formula is C41H42N4O8. The summed E-state index contributed by atoms with van der Waals surface area (Å²) in [4.78, 5) is 69.0. The molecule has 4 unspecified atom stereocenters. The number of carbonyl (C=O) groups is 5. The number of aliphatic hydroxyl groups excluding tert-OH is 1. The largest absolute Gasteiger partial charge is 0.461 e. The third kappa shape index (κ3) is 9.66. The van der Waals surface area contributed by atoms with Gasteiger partial charge in [0.05, 0.1) is 18.6 Å². The summed E-state index contributed by atoms with van der Waals surface area (Å²) in [5.74, 6) is -3.25. The summed E-state index contributed by atoms with van der Waals surface area (Å²) in [5.41, 5.74) is 3.27. The van der Waals surface area contributed by atoms with E-state index in [1.165, 1.54) is 0 Å². The fraction of sp³-hybridized carbons (Fsp3) is 0.293. The summed E-state index contributed by atoms with van der Waals surface area (Å²) in [5, 5.41) is 20.1. The molecule has 4 aromatic rings. The highest BCUT2D eigenvalue weighted by atomic mass is 16.6. The van der Waals surface area contributed by atoms with Crippen LogP contribution in [0.1, 0.15) is 36.0 Å². The molecule has 12 heteroatoms. The van der Waals surface area contributed by atoms with Crippen LogP contribution >= 0.6 is 0 Å². The standard InChI is InChI=1S/C41H42N4O8/c46-24-34-21-30-14-6-7-16-32(30)23-45(34)37(47)22-31-15-8-9-17-35(44-41(51)53-25-27-10-2-1-3-11-27)40(50)52-26-36(43-38(31)48)39(49)42-33-19-18-28-12-4-5-13-29(28)20-33/h1-14,16,18-20,31,34-36,46H,15,17,21-26H2,(H,42,49)(H,43,48)(H,44,51). The van der Waals surface area contributed by atoms with Crippen LogP contribution in [0.5, 0.6) is 0 Å². The van der Waals surface area contributed by atoms with Gasteiger partial charge in [-0.05, 0) is 58.9 Å². The Balaban J connectivity index is 1.20. The lowest BCUT2D eigenvalue weighted by Crippen LogP contribution is -2.51. The van der Waals surface area contributed by atoms with Gasteiger partial charge in [0, 0.05) is 18.7 Å². The number of hydrogen-bond donors (Lipinski definition) is 4. The lowest BCUT2D eigenvalue weighted by atomic mass is 9.92. The number of fused-ring (bicyclic) bond motifs is 2. The second kappa shape index (κ2) is 17.5. The van der Waals surface area contributed by atoms with E-state index < -0.39 is 54.5 Å². The number of rotatable bonds is 8. The zero-order chi connectivity index (χ0) is 37.2. The third-order valence-corrected chi connectivity index (χ3v) is 9.47. The number of hydrogen-bond acceptors (Lipinski definition) is 8. The molecule has 4 atom stereocenters. The minimum atomic E-state index is -1.34. The Morgan fingerprint density at radius 1 is 0.868 bits per heavy atom. The fourth-order valence-electron chi connectivity index (χ4n) is 6.50. The Kier molecular flexibility index (Phi) is 12.1. The van der Waals surface area contributed by atoms with Gasteiger partial charge in [-0.1, -0.05) is 97.1 Å². The van der Waals surface area contributed by atoms with E-state index in [1.807, 2.05) is 72.8 Å². The average molecular weight is 719 g/mol. The number of alkyl carbamates (subject to hydrolysis) is 1. The zero-order valence-electron chi connectivity index (χ0n) is 29.1. The number of carbonyl (C=O) groups excluding carboxylic acids is 5. The van der Waals surface area contributed by atoms with Crippen LogP contribution in [-0.2, 0) is 48.2 Å². The molecule has 0 fully saturated rings. The number of benzene rings is 4. The number of cyclic esters (lactones) is 1. The second-order valence-electron chi connectivity index (χ2n) is 13.2. The van der Waals surface area contributed by atoms with Gasteiger partial charge < -0.3 is 35.4 Å². The number of esters is 1. The molecule has 53 heavy (non-hydrogen) atoms. The minimum absolute atomic E-state index is 0.00496. The first-order chi connectivity index (χ1) is 25.8. The fourth-order valence-corrected chi connectivity index (χ4v) is 6.50. The summed E-state index contributed by atoms with van der Waals surface area (Å²) in [6, 6.07) is 26.9. The quantitative estimate of drug-likeness (QED) is 0.154. The van der Waals surface area contributed by atoms with Gasteiger partial charge in [0.15, 0.2) is 0 Å². The molecule has 0 spiro atoms. The average Bonchev–Trinajstić information content (AvgIpc) is 3.18. The molecule has 4 amide bonds. The number of nitrogens with zero attached hydrogens (tertiary/aromatic N) is 1. The van der Waals surface area contributed by atoms with Crippen LogP contribution in [0.15, 0.2) is 109 Å². The van der Waals surface area contributed by atoms with E-state index in [1.54, 1.807) is 41.3 Å². The molecule has 4 N–H and O–H groups in total. The van der Waals surface area contributed by atoms with E-state index in [-0.39, 0.29) is 38.4 Å². The van der Waals surface area contributed by atoms with Crippen molar-refractivity contribution in [3.8, 4) is 0 Å². The van der Waals surface area contributed by atoms with Crippen LogP contribution in [0.4, 0.5) is 10.5 Å². The SMILES string of the molecule is O=C(NC1CC=CCC(CC(=O)N2Cc3ccccc3CC2CO)C(=O)NC(C(=O)Nc2ccc3ccccc3c2)COC1=O)OCc1ccccc1. The van der Waals surface area contributed by atoms with Crippen LogP contribution in [0.3, 0.4) is 0 Å². The summed E-state index contributed by atoms with van der Waals surface area (Å²) >= 11 is 0. The van der Waals surface area contributed by atoms with Crippen LogP contribution in [0.25, 0.3) is 10.8 Å². The molecule has 0 saturated heterocycles. The molecule has 6 rings (SSSR count). The summed E-state index contributed by atoms with van der Waals surface area (Å²) in [7, 11) is 0. The topological polar surface area (TPSA) is 163 Å². The van der Waals surface area contributed by atoms with Crippen LogP contribution in [0, 0.1) is 5.92 Å². The Morgan fingerprint density at radius 2 is 1.58 bits per heavy atom. The van der Waals surface area contributed by atoms with E-state index >= 15 is 0 Å². The van der Waals surface area contributed by atoms with Crippen molar-refractivity contribution in [1.82, 2.24) is 15.5 Å². The lowest BCUT2D eigenvalue weighted by Gasteiger charge is -2.36. The van der Waals surface area contributed by atoms with Gasteiger partial charge in [-0.15, -0.1) is 0 Å². The lowest BCUT2D eigenvalue weighted by molar-refractivity contribution is -0.148. The molecule has 4 aromatic carbocycles. The maximum absolute atomic E-state index is 13.9. The minimum Gasteiger partial charge on any atom is -0.461 e. The Morgan fingerprint density at radius 3 is 2.38 bits per heavy atom. The van der Waals surface area contributed by atoms with Crippen molar-refractivity contribution >= 4 is 46.2 Å². The van der Waals surface area contributed by atoms with Gasteiger partial charge in [-0.3, -0.25) is 14.4 Å². The van der Waals surface area contributed by atoms with Crippen molar-refractivity contribution in [2.24, 2.45) is 5.92 Å². The van der Waals surface area contributed by atoms with Crippen LogP contribution < -0.4 is 16.0 Å². The molecule has 2 heterocycles. The highest BCUT2D eigenvalue weighted by Crippen LogP contribution is 2.26. The molecular weight excluding hydrogens is 676 g/mol. The molecule has 0 saturated carbocycles. The van der Waals surface area contributed by atoms with E-state index in [9.17, 15) is 29.1 Å². The normalized spacial score (nSPS) is 20.5. The van der Waals surface area contributed by atoms with Gasteiger partial charge in [-0.2, -0.15) is 0 Å². The maximum atomic E-state index is 13.9. The van der Waals surface area contributed by atoms with Gasteiger partial charge in [-0.25, -0.2) is 9.59 Å². The van der Waals surface area contributed by atoms with Crippen molar-refractivity contribution in [1.29, 1.82) is 0 Å². The van der Waals surface area contributed by atoms with Gasteiger partial charge in [0.25, 0.3) is 5.91 Å². The van der Waals surface area contributed by atoms with Gasteiger partial charge in [0.2, 0.25) is 11.8 Å². The molecule has 0 aromatic heterocycles. The zero-order valence-corrected chi connectivity index (χ0v) is 29.1. The number of aliphatic hydroxyl groups is 1. The van der Waals surface area contributed by atoms with E-state index in [0.717, 1.165) is 27.5 Å². The summed E-state index contributed by atoms with van der Waals surface area (Å²) < 4.78 is 10.9. The summed E-state index contributed by atoms with van der Waals surface area (Å²) in [6.07, 6.45) is 2.86. The van der Waals surface area contributed by atoms with Gasteiger partial charge in [0.1, 0.15) is 25.3 Å². The number of nitrogens with one attached hydrogen (secondary N) is 3. The predicted octanol–water partition coefficient (Wildman–Crippen LogP) is 4.40. The molecule has 12 nitrogen and oxygen atoms in total. The van der Waals surface area contributed by atoms with Crippen molar-refractivity contribution in [3.05, 3.63) is 126 Å². The molecule has 0 aliphatic carbocycles. The number of allylic oxidation sites excluding steroid dienone is 1. The molecule has 274 valence electrons. The van der Waals surface area contributed by atoms with E-state index in [4.69, 9.17) is 9.47 Å². The van der Waals surface area contributed by atoms with E-state index in [0.29, 0.717) is 18.7 Å². The third-order valence-electron chi connectivity index (χ3n) is 9.47. The monoisotopic (exact) mass is 718 g/mol. The van der Waals surface area contributed by atoms with Crippen molar-refractivity contribution < 1.29 is 38.6 Å². The van der Waals surface area contributed by atoms with Crippen LogP contribution in [-0.4, -0.2) is 71.1 Å². The highest BCUT2D eigenvalue weighted by molar-refractivity contribution is 6.00. The molecule has 0 radical (unpaired) electrons. The van der Waals surface area contributed by atoms with Crippen molar-refractivity contribution in [2.75, 3.05) is 18.5 Å². The second-order valence-corrected chi connectivity index (χ2v) is 13.2. The number of amides is 4. The van der Waals surface area contributed by atoms with Gasteiger partial charge >= 0.3 is 12.1 Å². The first kappa shape index (κ1) is 36.8. The van der Waals surface area contributed by atoms with Crippen molar-refractivity contribution in [2.45, 2.75) is 57.0 Å². The highest BCUT2D eigenvalue weighted by Gasteiger charge is 2.34. The number of anilines is 1. The first-order valence-corrected chi connectivity index (χ1v) is 17.6.